The predicted molar refractivity (Wildman–Crippen MR) is 157 cm³/mol. The van der Waals surface area contributed by atoms with Crippen LogP contribution in [0.1, 0.15) is 24.0 Å². The average molecular weight is 466 g/mol. The lowest BCUT2D eigenvalue weighted by Crippen LogP contribution is -2.02. The molecule has 0 aromatic heterocycles. The van der Waals surface area contributed by atoms with Gasteiger partial charge in [-0.2, -0.15) is 0 Å². The monoisotopic (exact) mass is 465 g/mol. The molecule has 6 aromatic carbocycles. The Labute approximate surface area is 213 Å². The van der Waals surface area contributed by atoms with Crippen LogP contribution in [0.15, 0.2) is 115 Å². The van der Waals surface area contributed by atoms with E-state index in [0.29, 0.717) is 0 Å². The van der Waals surface area contributed by atoms with Gasteiger partial charge in [-0.05, 0) is 80.9 Å². The molecule has 1 aliphatic carbocycles. The molecule has 176 valence electrons. The molecule has 7 rings (SSSR count). The number of rotatable bonds is 2. The standard InChI is InChI=1S/C18H16.C17H15N/c1-3-7-15-13(5-1)9-11-18-16-8-4-2-6-14(16)10-12-17(15)18;1-18-17-12-11-14(13-7-3-2-4-8-13)15-9-5-6-10-16(15)17/h1,3,5,7,9-12H,2,4,6,8H2;2-12,18H,1H3. The highest BCUT2D eigenvalue weighted by atomic mass is 14.8. The summed E-state index contributed by atoms with van der Waals surface area (Å²) in [4.78, 5) is 0. The highest BCUT2D eigenvalue weighted by Crippen LogP contribution is 2.34. The highest BCUT2D eigenvalue weighted by molar-refractivity contribution is 6.08. The van der Waals surface area contributed by atoms with Crippen molar-refractivity contribution in [3.05, 3.63) is 126 Å². The zero-order valence-electron chi connectivity index (χ0n) is 20.8. The van der Waals surface area contributed by atoms with E-state index in [1.165, 1.54) is 74.8 Å². The van der Waals surface area contributed by atoms with E-state index in [2.05, 4.69) is 115 Å². The number of hydrogen-bond donors (Lipinski definition) is 1. The molecule has 6 aromatic rings. The zero-order valence-corrected chi connectivity index (χ0v) is 20.8. The van der Waals surface area contributed by atoms with Gasteiger partial charge in [-0.1, -0.05) is 109 Å². The lowest BCUT2D eigenvalue weighted by Gasteiger charge is -2.18. The second kappa shape index (κ2) is 9.87. The Morgan fingerprint density at radius 3 is 2.03 bits per heavy atom. The molecule has 0 radical (unpaired) electrons. The number of aryl methyl sites for hydroxylation is 2. The second-order valence-corrected chi connectivity index (χ2v) is 9.61. The summed E-state index contributed by atoms with van der Waals surface area (Å²) in [6.45, 7) is 0. The van der Waals surface area contributed by atoms with Crippen molar-refractivity contribution >= 4 is 38.0 Å². The Kier molecular flexibility index (Phi) is 6.13. The summed E-state index contributed by atoms with van der Waals surface area (Å²) >= 11 is 0. The fourth-order valence-corrected chi connectivity index (χ4v) is 5.73. The van der Waals surface area contributed by atoms with Crippen LogP contribution in [0.3, 0.4) is 0 Å². The first-order valence-corrected chi connectivity index (χ1v) is 13.0. The van der Waals surface area contributed by atoms with Crippen LogP contribution in [-0.2, 0) is 12.8 Å². The molecule has 0 amide bonds. The van der Waals surface area contributed by atoms with Crippen LogP contribution in [0.4, 0.5) is 5.69 Å². The molecule has 0 saturated carbocycles. The van der Waals surface area contributed by atoms with Gasteiger partial charge >= 0.3 is 0 Å². The van der Waals surface area contributed by atoms with Crippen molar-refractivity contribution in [2.75, 3.05) is 12.4 Å². The van der Waals surface area contributed by atoms with Gasteiger partial charge in [-0.25, -0.2) is 0 Å². The summed E-state index contributed by atoms with van der Waals surface area (Å²) in [6.07, 6.45) is 5.22. The second-order valence-electron chi connectivity index (χ2n) is 9.61. The third-order valence-electron chi connectivity index (χ3n) is 7.54. The van der Waals surface area contributed by atoms with Gasteiger partial charge < -0.3 is 5.32 Å². The van der Waals surface area contributed by atoms with Crippen LogP contribution >= 0.6 is 0 Å². The molecule has 0 unspecified atom stereocenters. The lowest BCUT2D eigenvalue weighted by molar-refractivity contribution is 0.690. The smallest absolute Gasteiger partial charge is 0.0417 e. The molecule has 1 aliphatic rings. The van der Waals surface area contributed by atoms with Gasteiger partial charge in [0.25, 0.3) is 0 Å². The number of anilines is 1. The maximum atomic E-state index is 3.25. The maximum Gasteiger partial charge on any atom is 0.0417 e. The molecule has 0 heterocycles. The van der Waals surface area contributed by atoms with Crippen molar-refractivity contribution in [3.8, 4) is 11.1 Å². The lowest BCUT2D eigenvalue weighted by atomic mass is 9.86. The number of hydrogen-bond acceptors (Lipinski definition) is 1. The molecule has 0 atom stereocenters. The van der Waals surface area contributed by atoms with Crippen molar-refractivity contribution in [1.82, 2.24) is 0 Å². The molecule has 0 saturated heterocycles. The summed E-state index contributed by atoms with van der Waals surface area (Å²) in [5.74, 6) is 0. The van der Waals surface area contributed by atoms with Crippen molar-refractivity contribution in [2.24, 2.45) is 0 Å². The summed E-state index contributed by atoms with van der Waals surface area (Å²) in [5.41, 5.74) is 6.89. The molecule has 0 bridgehead atoms. The first-order valence-electron chi connectivity index (χ1n) is 13.0. The fraction of sp³-hybridized carbons (Fsp3) is 0.143. The number of fused-ring (bicyclic) bond motifs is 6. The van der Waals surface area contributed by atoms with Gasteiger partial charge in [0, 0.05) is 18.1 Å². The van der Waals surface area contributed by atoms with Crippen LogP contribution in [-0.4, -0.2) is 7.05 Å². The first-order chi connectivity index (χ1) is 17.8. The van der Waals surface area contributed by atoms with E-state index in [9.17, 15) is 0 Å². The van der Waals surface area contributed by atoms with Crippen LogP contribution in [0.25, 0.3) is 43.4 Å². The van der Waals surface area contributed by atoms with Crippen LogP contribution in [0.2, 0.25) is 0 Å². The Balaban J connectivity index is 0.000000133. The Bertz CT molecular complexity index is 1660. The summed E-state index contributed by atoms with van der Waals surface area (Å²) in [5, 5.41) is 11.4. The molecule has 1 N–H and O–H groups in total. The highest BCUT2D eigenvalue weighted by Gasteiger charge is 2.13. The summed E-state index contributed by atoms with van der Waals surface area (Å²) < 4.78 is 0. The fourth-order valence-electron chi connectivity index (χ4n) is 5.73. The normalized spacial score (nSPS) is 12.7. The third kappa shape index (κ3) is 4.12. The minimum absolute atomic E-state index is 1.17. The number of benzene rings is 6. The Morgan fingerprint density at radius 1 is 0.500 bits per heavy atom. The van der Waals surface area contributed by atoms with Gasteiger partial charge in [-0.3, -0.25) is 0 Å². The van der Waals surface area contributed by atoms with E-state index in [0.717, 1.165) is 0 Å². The van der Waals surface area contributed by atoms with Crippen LogP contribution in [0, 0.1) is 0 Å². The van der Waals surface area contributed by atoms with Gasteiger partial charge in [0.2, 0.25) is 0 Å². The number of nitrogens with one attached hydrogen (secondary N) is 1. The summed E-state index contributed by atoms with van der Waals surface area (Å²) in [7, 11) is 1.96. The van der Waals surface area contributed by atoms with Gasteiger partial charge in [0.1, 0.15) is 0 Å². The van der Waals surface area contributed by atoms with Crippen molar-refractivity contribution < 1.29 is 0 Å². The van der Waals surface area contributed by atoms with Crippen LogP contribution < -0.4 is 5.32 Å². The van der Waals surface area contributed by atoms with E-state index >= 15 is 0 Å². The van der Waals surface area contributed by atoms with E-state index in [-0.39, 0.29) is 0 Å². The van der Waals surface area contributed by atoms with Crippen molar-refractivity contribution in [1.29, 1.82) is 0 Å². The van der Waals surface area contributed by atoms with E-state index in [1.54, 1.807) is 11.1 Å². The van der Waals surface area contributed by atoms with E-state index < -0.39 is 0 Å². The Hall–Kier alpha value is -4.10. The molecular formula is C35H31N. The molecule has 36 heavy (non-hydrogen) atoms. The molecule has 1 heteroatoms. The molecule has 0 aliphatic heterocycles. The average Bonchev–Trinajstić information content (AvgIpc) is 2.97. The van der Waals surface area contributed by atoms with Crippen molar-refractivity contribution in [2.45, 2.75) is 25.7 Å². The van der Waals surface area contributed by atoms with Gasteiger partial charge in [-0.15, -0.1) is 0 Å². The van der Waals surface area contributed by atoms with E-state index in [4.69, 9.17) is 0 Å². The Morgan fingerprint density at radius 2 is 1.19 bits per heavy atom. The molecule has 0 spiro atoms. The van der Waals surface area contributed by atoms with Gasteiger partial charge in [0.05, 0.1) is 0 Å². The maximum absolute atomic E-state index is 3.25. The quantitative estimate of drug-likeness (QED) is 0.251. The predicted octanol–water partition coefficient (Wildman–Crippen LogP) is 9.42. The molecular weight excluding hydrogens is 434 g/mol. The first kappa shape index (κ1) is 22.4. The minimum Gasteiger partial charge on any atom is -0.388 e. The third-order valence-corrected chi connectivity index (χ3v) is 7.54. The molecule has 1 nitrogen and oxygen atoms in total. The van der Waals surface area contributed by atoms with Crippen molar-refractivity contribution in [3.63, 3.8) is 0 Å². The largest absolute Gasteiger partial charge is 0.388 e. The molecule has 0 fully saturated rings. The van der Waals surface area contributed by atoms with E-state index in [1.807, 2.05) is 13.1 Å². The van der Waals surface area contributed by atoms with Crippen LogP contribution in [0.5, 0.6) is 0 Å². The zero-order chi connectivity index (χ0) is 24.3. The SMILES string of the molecule is CNc1ccc(-c2ccccc2)c2ccccc12.c1ccc2c(c1)ccc1c3c(ccc12)CCCC3. The minimum atomic E-state index is 1.17. The summed E-state index contributed by atoms with van der Waals surface area (Å²) in [6, 6.07) is 41.3. The topological polar surface area (TPSA) is 12.0 Å². The van der Waals surface area contributed by atoms with Gasteiger partial charge in [0.15, 0.2) is 0 Å².